The summed E-state index contributed by atoms with van der Waals surface area (Å²) in [6.07, 6.45) is 2.01. The first-order valence-electron chi connectivity index (χ1n) is 9.34. The smallest absolute Gasteiger partial charge is 0.286 e. The number of benzene rings is 1. The Morgan fingerprint density at radius 2 is 1.79 bits per heavy atom. The van der Waals surface area contributed by atoms with Crippen molar-refractivity contribution in [2.24, 2.45) is 0 Å². The van der Waals surface area contributed by atoms with E-state index in [-0.39, 0.29) is 5.78 Å². The maximum Gasteiger partial charge on any atom is 0.286 e. The number of Topliss-reactive ketones (excluding diaryl/α,β-unsaturated/α-hetero) is 1. The van der Waals surface area contributed by atoms with Gasteiger partial charge in [0.2, 0.25) is 0 Å². The molecule has 8 heteroatoms. The van der Waals surface area contributed by atoms with E-state index in [1.165, 1.54) is 11.3 Å². The lowest BCUT2D eigenvalue weighted by atomic mass is 9.94. The number of aromatic nitrogens is 2. The van der Waals surface area contributed by atoms with Crippen LogP contribution in [0.4, 0.5) is 0 Å². The summed E-state index contributed by atoms with van der Waals surface area (Å²) >= 11 is 1.27. The summed E-state index contributed by atoms with van der Waals surface area (Å²) in [4.78, 5) is 45.2. The number of carbonyl (C=O) groups is 3. The Kier molecular flexibility index (Phi) is 5.02. The van der Waals surface area contributed by atoms with Crippen LogP contribution in [0.3, 0.4) is 0 Å². The van der Waals surface area contributed by atoms with Gasteiger partial charge in [0.1, 0.15) is 15.6 Å². The molecule has 0 radical (unpaired) electrons. The zero-order chi connectivity index (χ0) is 20.5. The number of thiazole rings is 1. The van der Waals surface area contributed by atoms with Gasteiger partial charge in [0.25, 0.3) is 11.8 Å². The van der Waals surface area contributed by atoms with Gasteiger partial charge in [-0.2, -0.15) is 0 Å². The normalized spacial score (nSPS) is 13.1. The lowest BCUT2D eigenvalue weighted by Crippen LogP contribution is -2.42. The fraction of sp³-hybridized carbons (Fsp3) is 0.238. The van der Waals surface area contributed by atoms with Crippen LogP contribution < -0.4 is 10.9 Å². The summed E-state index contributed by atoms with van der Waals surface area (Å²) in [6, 6.07) is 9.60. The number of hydrogen-bond donors (Lipinski definition) is 3. The van der Waals surface area contributed by atoms with Gasteiger partial charge in [-0.05, 0) is 32.3 Å². The maximum absolute atomic E-state index is 12.6. The van der Waals surface area contributed by atoms with Gasteiger partial charge in [0, 0.05) is 23.2 Å². The number of ketones is 1. The Balaban J connectivity index is 1.47. The molecule has 0 unspecified atom stereocenters. The molecule has 148 valence electrons. The predicted octanol–water partition coefficient (Wildman–Crippen LogP) is 3.35. The van der Waals surface area contributed by atoms with Gasteiger partial charge in [-0.15, -0.1) is 11.3 Å². The van der Waals surface area contributed by atoms with E-state index in [1.54, 1.807) is 13.8 Å². The number of nitrogens with one attached hydrogen (secondary N) is 3. The second-order valence-electron chi connectivity index (χ2n) is 6.96. The number of amides is 2. The zero-order valence-corrected chi connectivity index (χ0v) is 16.9. The number of hydrazine groups is 1. The highest BCUT2D eigenvalue weighted by Gasteiger charge is 2.26. The Bertz CT molecular complexity index is 1110. The van der Waals surface area contributed by atoms with Gasteiger partial charge in [-0.1, -0.05) is 30.3 Å². The molecule has 0 fully saturated rings. The lowest BCUT2D eigenvalue weighted by Gasteiger charge is -2.09. The highest BCUT2D eigenvalue weighted by molar-refractivity contribution is 7.17. The summed E-state index contributed by atoms with van der Waals surface area (Å²) in [5.74, 6) is -0.860. The van der Waals surface area contributed by atoms with E-state index in [9.17, 15) is 14.4 Å². The minimum absolute atomic E-state index is 0.0526. The molecule has 0 saturated heterocycles. The molecule has 29 heavy (non-hydrogen) atoms. The van der Waals surface area contributed by atoms with Gasteiger partial charge >= 0.3 is 0 Å². The van der Waals surface area contributed by atoms with E-state index in [2.05, 4.69) is 20.8 Å². The summed E-state index contributed by atoms with van der Waals surface area (Å²) in [5.41, 5.74) is 8.74. The number of nitrogens with zero attached hydrogens (tertiary/aromatic N) is 1. The Morgan fingerprint density at radius 1 is 1.07 bits per heavy atom. The average Bonchev–Trinajstić information content (AvgIpc) is 3.28. The molecule has 0 bridgehead atoms. The Hall–Kier alpha value is -3.26. The van der Waals surface area contributed by atoms with Crippen molar-refractivity contribution in [1.29, 1.82) is 0 Å². The Labute approximate surface area is 171 Å². The maximum atomic E-state index is 12.6. The molecule has 3 aromatic rings. The third-order valence-corrected chi connectivity index (χ3v) is 6.18. The van der Waals surface area contributed by atoms with E-state index in [0.717, 1.165) is 29.1 Å². The number of rotatable bonds is 3. The molecular weight excluding hydrogens is 388 g/mol. The fourth-order valence-corrected chi connectivity index (χ4v) is 4.51. The molecule has 0 spiro atoms. The molecule has 1 aromatic carbocycles. The lowest BCUT2D eigenvalue weighted by molar-refractivity contribution is 0.0845. The zero-order valence-electron chi connectivity index (χ0n) is 16.1. The van der Waals surface area contributed by atoms with Crippen molar-refractivity contribution in [1.82, 2.24) is 20.8 Å². The van der Waals surface area contributed by atoms with Crippen LogP contribution in [0.2, 0.25) is 0 Å². The van der Waals surface area contributed by atoms with Crippen molar-refractivity contribution < 1.29 is 14.4 Å². The van der Waals surface area contributed by atoms with E-state index < -0.39 is 11.8 Å². The van der Waals surface area contributed by atoms with Crippen LogP contribution in [0.25, 0.3) is 10.6 Å². The molecule has 1 aliphatic carbocycles. The van der Waals surface area contributed by atoms with Gasteiger partial charge < -0.3 is 4.98 Å². The van der Waals surface area contributed by atoms with Crippen molar-refractivity contribution in [3.63, 3.8) is 0 Å². The first kappa shape index (κ1) is 19.1. The Morgan fingerprint density at radius 3 is 2.52 bits per heavy atom. The molecule has 2 amide bonds. The monoisotopic (exact) mass is 408 g/mol. The van der Waals surface area contributed by atoms with Crippen LogP contribution in [0.15, 0.2) is 30.3 Å². The quantitative estimate of drug-likeness (QED) is 0.578. The van der Waals surface area contributed by atoms with E-state index in [0.29, 0.717) is 33.8 Å². The second kappa shape index (κ2) is 7.63. The van der Waals surface area contributed by atoms with Gasteiger partial charge in [-0.25, -0.2) is 4.98 Å². The molecule has 2 heterocycles. The van der Waals surface area contributed by atoms with Crippen LogP contribution in [0.5, 0.6) is 0 Å². The largest absolute Gasteiger partial charge is 0.354 e. The van der Waals surface area contributed by atoms with E-state index in [4.69, 9.17) is 0 Å². The fourth-order valence-electron chi connectivity index (χ4n) is 3.55. The van der Waals surface area contributed by atoms with Crippen LogP contribution >= 0.6 is 11.3 Å². The summed E-state index contributed by atoms with van der Waals surface area (Å²) < 4.78 is 0. The molecule has 7 nitrogen and oxygen atoms in total. The molecule has 1 aliphatic rings. The van der Waals surface area contributed by atoms with Crippen LogP contribution in [-0.2, 0) is 6.42 Å². The highest BCUT2D eigenvalue weighted by atomic mass is 32.1. The molecule has 0 saturated carbocycles. The van der Waals surface area contributed by atoms with E-state index >= 15 is 0 Å². The average molecular weight is 408 g/mol. The number of carbonyl (C=O) groups excluding carboxylic acids is 3. The van der Waals surface area contributed by atoms with Crippen LogP contribution in [0, 0.1) is 13.8 Å². The SMILES string of the molecule is Cc1nc(-c2ccccc2)sc1C(=O)NNC(=O)c1[nH]c2c(c1C)C(=O)CCC2. The number of aromatic amines is 1. The van der Waals surface area contributed by atoms with Crippen LogP contribution in [-0.4, -0.2) is 27.6 Å². The first-order chi connectivity index (χ1) is 14.0. The predicted molar refractivity (Wildman–Crippen MR) is 110 cm³/mol. The van der Waals surface area contributed by atoms with Crippen molar-refractivity contribution >= 4 is 28.9 Å². The molecule has 2 aromatic heterocycles. The van der Waals surface area contributed by atoms with Crippen molar-refractivity contribution in [2.75, 3.05) is 0 Å². The standard InChI is InChI=1S/C21H20N4O3S/c1-11-16-14(9-6-10-15(16)26)23-17(11)19(27)24-25-20(28)18-12(2)22-21(29-18)13-7-4-3-5-8-13/h3-5,7-8,23H,6,9-10H2,1-2H3,(H,24,27)(H,25,28). The van der Waals surface area contributed by atoms with E-state index in [1.807, 2.05) is 30.3 Å². The van der Waals surface area contributed by atoms with Crippen LogP contribution in [0.1, 0.15) is 60.3 Å². The first-order valence-corrected chi connectivity index (χ1v) is 10.2. The molecule has 0 atom stereocenters. The third-order valence-electron chi connectivity index (χ3n) is 4.98. The second-order valence-corrected chi connectivity index (χ2v) is 7.96. The molecular formula is C21H20N4O3S. The third kappa shape index (κ3) is 3.58. The minimum atomic E-state index is -0.483. The molecule has 0 aliphatic heterocycles. The summed E-state index contributed by atoms with van der Waals surface area (Å²) in [6.45, 7) is 3.50. The number of fused-ring (bicyclic) bond motifs is 1. The van der Waals surface area contributed by atoms with Crippen molar-refractivity contribution in [2.45, 2.75) is 33.1 Å². The van der Waals surface area contributed by atoms with Gasteiger partial charge in [0.05, 0.1) is 5.69 Å². The number of H-pyrrole nitrogens is 1. The summed E-state index contributed by atoms with van der Waals surface area (Å²) in [5, 5.41) is 0.742. The van der Waals surface area contributed by atoms with Gasteiger partial charge in [0.15, 0.2) is 5.78 Å². The molecule has 4 rings (SSSR count). The van der Waals surface area contributed by atoms with Crippen molar-refractivity contribution in [3.8, 4) is 10.6 Å². The number of hydrogen-bond acceptors (Lipinski definition) is 5. The molecule has 3 N–H and O–H groups in total. The topological polar surface area (TPSA) is 104 Å². The highest BCUT2D eigenvalue weighted by Crippen LogP contribution is 2.28. The van der Waals surface area contributed by atoms with Gasteiger partial charge in [-0.3, -0.25) is 25.2 Å². The van der Waals surface area contributed by atoms with Crippen molar-refractivity contribution in [3.05, 3.63) is 63.4 Å². The minimum Gasteiger partial charge on any atom is -0.354 e. The summed E-state index contributed by atoms with van der Waals surface area (Å²) in [7, 11) is 0. The number of aryl methyl sites for hydroxylation is 2.